The molecule has 9 heteroatoms. The van der Waals surface area contributed by atoms with E-state index in [1.165, 1.54) is 6.08 Å². The third kappa shape index (κ3) is 4.24. The Morgan fingerprint density at radius 2 is 1.97 bits per heavy atom. The Balaban J connectivity index is 1.43. The Bertz CT molecular complexity index is 1620. The number of methoxy groups -OCH3 is 1. The van der Waals surface area contributed by atoms with Gasteiger partial charge in [0, 0.05) is 37.5 Å². The van der Waals surface area contributed by atoms with E-state index in [4.69, 9.17) is 4.74 Å². The van der Waals surface area contributed by atoms with Crippen LogP contribution in [0.1, 0.15) is 35.2 Å². The molecule has 198 valence electrons. The summed E-state index contributed by atoms with van der Waals surface area (Å²) >= 11 is 0. The van der Waals surface area contributed by atoms with Crippen molar-refractivity contribution in [2.75, 3.05) is 24.4 Å². The average molecular weight is 523 g/mol. The van der Waals surface area contributed by atoms with Gasteiger partial charge in [0.2, 0.25) is 5.91 Å². The second-order valence-electron chi connectivity index (χ2n) is 10.2. The average Bonchev–Trinajstić information content (AvgIpc) is 3.12. The number of nitrogens with one attached hydrogen (secondary N) is 3. The van der Waals surface area contributed by atoms with Gasteiger partial charge in [-0.15, -0.1) is 0 Å². The topological polar surface area (TPSA) is 110 Å². The highest BCUT2D eigenvalue weighted by Gasteiger charge is 2.38. The number of benzene rings is 2. The number of aryl methyl sites for hydroxylation is 1. The van der Waals surface area contributed by atoms with Crippen molar-refractivity contribution in [2.45, 2.75) is 31.3 Å². The van der Waals surface area contributed by atoms with Crippen LogP contribution in [0.15, 0.2) is 61.4 Å². The lowest BCUT2D eigenvalue weighted by molar-refractivity contribution is -0.111. The Hall–Kier alpha value is -4.50. The normalized spacial score (nSPS) is 14.9. The summed E-state index contributed by atoms with van der Waals surface area (Å²) in [5.74, 6) is 0.401. The summed E-state index contributed by atoms with van der Waals surface area (Å²) < 4.78 is 7.45. The van der Waals surface area contributed by atoms with Crippen LogP contribution in [0.5, 0.6) is 0 Å². The zero-order valence-electron chi connectivity index (χ0n) is 22.0. The number of rotatable bonds is 7. The Labute approximate surface area is 226 Å². The summed E-state index contributed by atoms with van der Waals surface area (Å²) in [5.41, 5.74) is 6.80. The summed E-state index contributed by atoms with van der Waals surface area (Å²) in [5, 5.41) is 10.4. The largest absolute Gasteiger partial charge is 0.382 e. The third-order valence-electron chi connectivity index (χ3n) is 7.77. The van der Waals surface area contributed by atoms with Crippen molar-refractivity contribution in [3.8, 4) is 22.4 Å². The van der Waals surface area contributed by atoms with Gasteiger partial charge >= 0.3 is 0 Å². The van der Waals surface area contributed by atoms with E-state index in [-0.39, 0.29) is 17.4 Å². The van der Waals surface area contributed by atoms with E-state index in [2.05, 4.69) is 37.1 Å². The first-order valence-electron chi connectivity index (χ1n) is 13.0. The fourth-order valence-corrected chi connectivity index (χ4v) is 5.69. The number of carbonyl (C=O) groups excluding carboxylic acids is 2. The van der Waals surface area contributed by atoms with Crippen LogP contribution in [0.25, 0.3) is 33.4 Å². The first kappa shape index (κ1) is 24.8. The smallest absolute Gasteiger partial charge is 0.251 e. The van der Waals surface area contributed by atoms with E-state index in [0.717, 1.165) is 64.1 Å². The summed E-state index contributed by atoms with van der Waals surface area (Å²) in [4.78, 5) is 34.2. The Morgan fingerprint density at radius 3 is 2.67 bits per heavy atom. The van der Waals surface area contributed by atoms with Crippen molar-refractivity contribution in [1.29, 1.82) is 0 Å². The second kappa shape index (κ2) is 9.67. The number of hydrogen-bond donors (Lipinski definition) is 3. The Morgan fingerprint density at radius 1 is 1.18 bits per heavy atom. The summed E-state index contributed by atoms with van der Waals surface area (Å²) in [6.45, 7) is 4.55. The number of hydrogen-bond acceptors (Lipinski definition) is 6. The lowest BCUT2D eigenvalue weighted by atomic mass is 9.77. The molecule has 3 heterocycles. The molecule has 0 spiro atoms. The zero-order valence-corrected chi connectivity index (χ0v) is 22.0. The van der Waals surface area contributed by atoms with Crippen LogP contribution in [0.3, 0.4) is 0 Å². The fraction of sp³-hybridized carbons (Fsp3) is 0.267. The monoisotopic (exact) mass is 522 g/mol. The zero-order chi connectivity index (χ0) is 27.1. The van der Waals surface area contributed by atoms with Gasteiger partial charge in [-0.2, -0.15) is 0 Å². The molecule has 6 rings (SSSR count). The van der Waals surface area contributed by atoms with Gasteiger partial charge in [0.15, 0.2) is 0 Å². The standard InChI is InChI=1S/C30H30N6O3/c1-4-23(37)34-21-9-6-18(7-10-21)26-24-22-11-8-19(29(38)35-30(16-39-3)12-5-13-30)14-20(22)15-31-27-25(24)28(36(26)2)33-17-32-27/h4,6-11,14,17H,1,5,12-13,15-16H2,2-3H3,(H,34,37)(H,35,38)(H,31,32,33). The van der Waals surface area contributed by atoms with Crippen LogP contribution < -0.4 is 16.0 Å². The van der Waals surface area contributed by atoms with E-state index in [1.807, 2.05) is 49.5 Å². The van der Waals surface area contributed by atoms with E-state index in [0.29, 0.717) is 24.4 Å². The number of anilines is 2. The second-order valence-corrected chi connectivity index (χ2v) is 10.2. The highest BCUT2D eigenvalue weighted by atomic mass is 16.5. The predicted octanol–water partition coefficient (Wildman–Crippen LogP) is 4.65. The molecular weight excluding hydrogens is 492 g/mol. The molecule has 3 N–H and O–H groups in total. The molecule has 4 aromatic rings. The number of carbonyl (C=O) groups is 2. The number of amides is 2. The Kier molecular flexibility index (Phi) is 6.15. The van der Waals surface area contributed by atoms with E-state index >= 15 is 0 Å². The lowest BCUT2D eigenvalue weighted by Crippen LogP contribution is -2.56. The van der Waals surface area contributed by atoms with Gasteiger partial charge in [-0.3, -0.25) is 9.59 Å². The molecule has 2 aromatic heterocycles. The minimum Gasteiger partial charge on any atom is -0.382 e. The van der Waals surface area contributed by atoms with Gasteiger partial charge in [-0.25, -0.2) is 9.97 Å². The van der Waals surface area contributed by atoms with Crippen LogP contribution in [0.2, 0.25) is 0 Å². The number of aromatic nitrogens is 3. The van der Waals surface area contributed by atoms with Gasteiger partial charge < -0.3 is 25.3 Å². The maximum Gasteiger partial charge on any atom is 0.251 e. The number of ether oxygens (including phenoxy) is 1. The lowest BCUT2D eigenvalue weighted by Gasteiger charge is -2.42. The summed E-state index contributed by atoms with van der Waals surface area (Å²) in [7, 11) is 3.66. The van der Waals surface area contributed by atoms with E-state index in [1.54, 1.807) is 13.4 Å². The molecule has 0 atom stereocenters. The first-order valence-corrected chi connectivity index (χ1v) is 13.0. The van der Waals surface area contributed by atoms with Crippen molar-refractivity contribution in [3.05, 3.63) is 72.6 Å². The molecule has 39 heavy (non-hydrogen) atoms. The third-order valence-corrected chi connectivity index (χ3v) is 7.77. The van der Waals surface area contributed by atoms with Gasteiger partial charge in [0.1, 0.15) is 17.8 Å². The van der Waals surface area contributed by atoms with E-state index < -0.39 is 0 Å². The minimum absolute atomic E-state index is 0.0910. The molecule has 2 aliphatic rings. The van der Waals surface area contributed by atoms with Gasteiger partial charge in [-0.1, -0.05) is 24.8 Å². The molecule has 0 bridgehead atoms. The van der Waals surface area contributed by atoms with Gasteiger partial charge in [0.25, 0.3) is 5.91 Å². The van der Waals surface area contributed by atoms with Gasteiger partial charge in [0.05, 0.1) is 23.2 Å². The molecule has 2 amide bonds. The fourth-order valence-electron chi connectivity index (χ4n) is 5.69. The molecule has 1 aliphatic carbocycles. The van der Waals surface area contributed by atoms with Gasteiger partial charge in [-0.05, 0) is 66.3 Å². The SMILES string of the molecule is C=CC(=O)Nc1ccc(-c2c3c4c(ncnc4n2C)NCc2cc(C(=O)NC4(COC)CCC4)ccc2-3)cc1. The molecule has 1 saturated carbocycles. The number of fused-ring (bicyclic) bond motifs is 2. The maximum absolute atomic E-state index is 13.3. The molecule has 1 fully saturated rings. The highest BCUT2D eigenvalue weighted by Crippen LogP contribution is 2.45. The molecular formula is C30H30N6O3. The predicted molar refractivity (Wildman–Crippen MR) is 151 cm³/mol. The molecule has 0 radical (unpaired) electrons. The van der Waals surface area contributed by atoms with Crippen molar-refractivity contribution in [2.24, 2.45) is 7.05 Å². The molecule has 9 nitrogen and oxygen atoms in total. The van der Waals surface area contributed by atoms with Crippen LogP contribution >= 0.6 is 0 Å². The first-order chi connectivity index (χ1) is 18.9. The minimum atomic E-state index is -0.279. The maximum atomic E-state index is 13.3. The highest BCUT2D eigenvalue weighted by molar-refractivity contribution is 6.10. The molecule has 1 aliphatic heterocycles. The van der Waals surface area contributed by atoms with Crippen molar-refractivity contribution < 1.29 is 14.3 Å². The van der Waals surface area contributed by atoms with Crippen LogP contribution in [0.4, 0.5) is 11.5 Å². The van der Waals surface area contributed by atoms with Crippen LogP contribution in [-0.2, 0) is 23.1 Å². The van der Waals surface area contributed by atoms with Crippen LogP contribution in [-0.4, -0.2) is 45.6 Å². The number of nitrogens with zero attached hydrogens (tertiary/aromatic N) is 3. The van der Waals surface area contributed by atoms with Crippen LogP contribution in [0, 0.1) is 0 Å². The molecule has 0 unspecified atom stereocenters. The van der Waals surface area contributed by atoms with E-state index in [9.17, 15) is 9.59 Å². The molecule has 0 saturated heterocycles. The van der Waals surface area contributed by atoms with Crippen molar-refractivity contribution in [1.82, 2.24) is 19.9 Å². The van der Waals surface area contributed by atoms with Crippen molar-refractivity contribution in [3.63, 3.8) is 0 Å². The quantitative estimate of drug-likeness (QED) is 0.305. The molecule has 2 aromatic carbocycles. The summed E-state index contributed by atoms with van der Waals surface area (Å²) in [6, 6.07) is 13.6. The van der Waals surface area contributed by atoms with Crippen molar-refractivity contribution >= 4 is 34.4 Å². The summed E-state index contributed by atoms with van der Waals surface area (Å²) in [6.07, 6.45) is 5.75.